The average molecular weight is 227 g/mol. The summed E-state index contributed by atoms with van der Waals surface area (Å²) in [7, 11) is -3.14. The van der Waals surface area contributed by atoms with E-state index in [2.05, 4.69) is 19.2 Å². The van der Waals surface area contributed by atoms with Crippen LogP contribution in [0.2, 0.25) is 0 Å². The van der Waals surface area contributed by atoms with Gasteiger partial charge in [-0.3, -0.25) is 0 Å². The molecule has 0 unspecified atom stereocenters. The lowest BCUT2D eigenvalue weighted by Gasteiger charge is -2.12. The fraction of sp³-hybridized carbons (Fsp3) is 0.455. The molecule has 84 valence electrons. The first-order valence-corrected chi connectivity index (χ1v) is 6.83. The molecule has 0 bridgehead atoms. The summed E-state index contributed by atoms with van der Waals surface area (Å²) >= 11 is 0. The fourth-order valence-corrected chi connectivity index (χ4v) is 2.12. The smallest absolute Gasteiger partial charge is 0.177 e. The lowest BCUT2D eigenvalue weighted by atomic mass is 10.2. The molecular weight excluding hydrogens is 210 g/mol. The molecule has 1 aromatic rings. The van der Waals surface area contributed by atoms with E-state index in [1.807, 2.05) is 6.07 Å². The molecule has 0 fully saturated rings. The lowest BCUT2D eigenvalue weighted by molar-refractivity contribution is 0.602. The zero-order chi connectivity index (χ0) is 11.5. The van der Waals surface area contributed by atoms with Gasteiger partial charge < -0.3 is 5.32 Å². The Labute approximate surface area is 91.4 Å². The minimum atomic E-state index is -3.14. The van der Waals surface area contributed by atoms with Crippen molar-refractivity contribution in [3.05, 3.63) is 24.3 Å². The second-order valence-electron chi connectivity index (χ2n) is 4.04. The number of benzene rings is 1. The van der Waals surface area contributed by atoms with Crippen molar-refractivity contribution >= 4 is 15.5 Å². The zero-order valence-corrected chi connectivity index (χ0v) is 10.1. The highest BCUT2D eigenvalue weighted by Crippen LogP contribution is 2.20. The van der Waals surface area contributed by atoms with Crippen LogP contribution in [0.3, 0.4) is 0 Å². The molecule has 4 heteroatoms. The Kier molecular flexibility index (Phi) is 3.74. The predicted molar refractivity (Wildman–Crippen MR) is 62.9 cm³/mol. The van der Waals surface area contributed by atoms with Gasteiger partial charge in [-0.05, 0) is 18.1 Å². The summed E-state index contributed by atoms with van der Waals surface area (Å²) in [5.74, 6) is 0.484. The molecule has 1 N–H and O–H groups in total. The van der Waals surface area contributed by atoms with Gasteiger partial charge in [0.2, 0.25) is 0 Å². The van der Waals surface area contributed by atoms with Gasteiger partial charge in [0.05, 0.1) is 10.6 Å². The molecule has 0 aromatic heterocycles. The summed E-state index contributed by atoms with van der Waals surface area (Å²) in [5, 5.41) is 3.14. The third-order valence-electron chi connectivity index (χ3n) is 1.99. The molecule has 15 heavy (non-hydrogen) atoms. The quantitative estimate of drug-likeness (QED) is 0.857. The van der Waals surface area contributed by atoms with Crippen LogP contribution in [0, 0.1) is 5.92 Å². The van der Waals surface area contributed by atoms with Crippen LogP contribution in [0.4, 0.5) is 5.69 Å². The maximum atomic E-state index is 11.5. The van der Waals surface area contributed by atoms with Crippen molar-refractivity contribution in [3.8, 4) is 0 Å². The van der Waals surface area contributed by atoms with Crippen LogP contribution in [0.5, 0.6) is 0 Å². The van der Waals surface area contributed by atoms with E-state index in [0.717, 1.165) is 6.54 Å². The van der Waals surface area contributed by atoms with Crippen LogP contribution in [0.25, 0.3) is 0 Å². The Morgan fingerprint density at radius 3 is 2.40 bits per heavy atom. The molecule has 0 radical (unpaired) electrons. The van der Waals surface area contributed by atoms with Gasteiger partial charge in [-0.25, -0.2) is 8.42 Å². The van der Waals surface area contributed by atoms with Gasteiger partial charge in [-0.2, -0.15) is 0 Å². The topological polar surface area (TPSA) is 46.2 Å². The Morgan fingerprint density at radius 2 is 1.87 bits per heavy atom. The predicted octanol–water partition coefficient (Wildman–Crippen LogP) is 2.16. The molecule has 3 nitrogen and oxygen atoms in total. The van der Waals surface area contributed by atoms with Gasteiger partial charge in [-0.15, -0.1) is 0 Å². The molecule has 0 aliphatic heterocycles. The third-order valence-corrected chi connectivity index (χ3v) is 3.14. The summed E-state index contributed by atoms with van der Waals surface area (Å²) < 4.78 is 22.9. The van der Waals surface area contributed by atoms with Gasteiger partial charge in [0.25, 0.3) is 0 Å². The zero-order valence-electron chi connectivity index (χ0n) is 9.32. The van der Waals surface area contributed by atoms with Crippen LogP contribution < -0.4 is 5.32 Å². The summed E-state index contributed by atoms with van der Waals surface area (Å²) in [5.41, 5.74) is 0.689. The molecule has 0 saturated carbocycles. The SMILES string of the molecule is CC(C)CNc1ccccc1S(C)(=O)=O. The van der Waals surface area contributed by atoms with Crippen LogP contribution in [-0.4, -0.2) is 21.2 Å². The van der Waals surface area contributed by atoms with Crippen molar-refractivity contribution in [1.29, 1.82) is 0 Å². The molecule has 0 aliphatic carbocycles. The molecule has 1 rings (SSSR count). The van der Waals surface area contributed by atoms with Crippen molar-refractivity contribution in [3.63, 3.8) is 0 Å². The highest BCUT2D eigenvalue weighted by Gasteiger charge is 2.11. The van der Waals surface area contributed by atoms with E-state index >= 15 is 0 Å². The first-order valence-electron chi connectivity index (χ1n) is 4.94. The number of rotatable bonds is 4. The van der Waals surface area contributed by atoms with Crippen LogP contribution in [-0.2, 0) is 9.84 Å². The monoisotopic (exact) mass is 227 g/mol. The van der Waals surface area contributed by atoms with Gasteiger partial charge in [0.15, 0.2) is 9.84 Å². The van der Waals surface area contributed by atoms with Crippen LogP contribution in [0.15, 0.2) is 29.2 Å². The summed E-state index contributed by atoms with van der Waals surface area (Å²) in [6.45, 7) is 4.93. The Hall–Kier alpha value is -1.03. The van der Waals surface area contributed by atoms with Crippen molar-refractivity contribution in [2.45, 2.75) is 18.7 Å². The highest BCUT2D eigenvalue weighted by atomic mass is 32.2. The second kappa shape index (κ2) is 4.66. The Morgan fingerprint density at radius 1 is 1.27 bits per heavy atom. The van der Waals surface area contributed by atoms with Crippen molar-refractivity contribution < 1.29 is 8.42 Å². The molecule has 0 atom stereocenters. The molecule has 1 aromatic carbocycles. The molecule has 0 saturated heterocycles. The fourth-order valence-electron chi connectivity index (χ4n) is 1.25. The summed E-state index contributed by atoms with van der Waals surface area (Å²) in [4.78, 5) is 0.366. The van der Waals surface area contributed by atoms with Crippen molar-refractivity contribution in [2.24, 2.45) is 5.92 Å². The van der Waals surface area contributed by atoms with E-state index in [0.29, 0.717) is 16.5 Å². The number of para-hydroxylation sites is 1. The van der Waals surface area contributed by atoms with Crippen molar-refractivity contribution in [2.75, 3.05) is 18.1 Å². The van der Waals surface area contributed by atoms with E-state index in [1.165, 1.54) is 6.26 Å². The standard InChI is InChI=1S/C11H17NO2S/c1-9(2)8-12-10-6-4-5-7-11(10)15(3,13)14/h4-7,9,12H,8H2,1-3H3. The first-order chi connectivity index (χ1) is 6.91. The molecule has 0 heterocycles. The van der Waals surface area contributed by atoms with Crippen LogP contribution >= 0.6 is 0 Å². The maximum absolute atomic E-state index is 11.5. The van der Waals surface area contributed by atoms with Gasteiger partial charge in [-0.1, -0.05) is 26.0 Å². The number of hydrogen-bond donors (Lipinski definition) is 1. The normalized spacial score (nSPS) is 11.7. The van der Waals surface area contributed by atoms with E-state index in [9.17, 15) is 8.42 Å². The Balaban J connectivity index is 2.98. The number of nitrogens with one attached hydrogen (secondary N) is 1. The highest BCUT2D eigenvalue weighted by molar-refractivity contribution is 7.90. The number of anilines is 1. The minimum absolute atomic E-state index is 0.366. The first kappa shape index (κ1) is 12.0. The summed E-state index contributed by atoms with van der Waals surface area (Å²) in [6, 6.07) is 6.98. The third kappa shape index (κ3) is 3.55. The lowest BCUT2D eigenvalue weighted by Crippen LogP contribution is -2.11. The van der Waals surface area contributed by atoms with Gasteiger partial charge >= 0.3 is 0 Å². The van der Waals surface area contributed by atoms with E-state index in [1.54, 1.807) is 18.2 Å². The molecule has 0 aliphatic rings. The van der Waals surface area contributed by atoms with E-state index in [-0.39, 0.29) is 0 Å². The van der Waals surface area contributed by atoms with E-state index in [4.69, 9.17) is 0 Å². The molecule has 0 spiro atoms. The maximum Gasteiger partial charge on any atom is 0.177 e. The Bertz CT molecular complexity index is 424. The molecule has 0 amide bonds. The second-order valence-corrected chi connectivity index (χ2v) is 6.03. The van der Waals surface area contributed by atoms with Gasteiger partial charge in [0, 0.05) is 12.8 Å². The largest absolute Gasteiger partial charge is 0.384 e. The van der Waals surface area contributed by atoms with Gasteiger partial charge in [0.1, 0.15) is 0 Å². The average Bonchev–Trinajstić information content (AvgIpc) is 2.13. The number of sulfone groups is 1. The number of hydrogen-bond acceptors (Lipinski definition) is 3. The van der Waals surface area contributed by atoms with Crippen molar-refractivity contribution in [1.82, 2.24) is 0 Å². The minimum Gasteiger partial charge on any atom is -0.384 e. The molecular formula is C11H17NO2S. The summed E-state index contributed by atoms with van der Waals surface area (Å²) in [6.07, 6.45) is 1.23. The van der Waals surface area contributed by atoms with E-state index < -0.39 is 9.84 Å². The van der Waals surface area contributed by atoms with Crippen LogP contribution in [0.1, 0.15) is 13.8 Å².